The third kappa shape index (κ3) is 7.42. The second-order valence-corrected chi connectivity index (χ2v) is 10.8. The molecule has 2 aromatic heterocycles. The molecule has 1 aliphatic heterocycles. The van der Waals surface area contributed by atoms with Crippen molar-refractivity contribution in [2.75, 3.05) is 19.8 Å². The van der Waals surface area contributed by atoms with E-state index in [0.29, 0.717) is 49.1 Å². The summed E-state index contributed by atoms with van der Waals surface area (Å²) < 4.78 is 65.4. The van der Waals surface area contributed by atoms with Gasteiger partial charge in [-0.2, -0.15) is 4.98 Å². The van der Waals surface area contributed by atoms with E-state index in [0.717, 1.165) is 18.1 Å². The van der Waals surface area contributed by atoms with Gasteiger partial charge in [-0.05, 0) is 74.1 Å². The number of aliphatic hydroxyl groups excluding tert-OH is 1. The van der Waals surface area contributed by atoms with E-state index in [2.05, 4.69) is 20.0 Å². The van der Waals surface area contributed by atoms with E-state index in [9.17, 15) is 23.1 Å². The van der Waals surface area contributed by atoms with Crippen molar-refractivity contribution in [1.82, 2.24) is 19.9 Å². The first-order chi connectivity index (χ1) is 20.5. The van der Waals surface area contributed by atoms with Crippen LogP contribution in [0.5, 0.6) is 5.75 Å². The molecule has 0 spiro atoms. The maximum absolute atomic E-state index is 15.4. The Morgan fingerprint density at radius 2 is 2.00 bits per heavy atom. The van der Waals surface area contributed by atoms with Gasteiger partial charge in [0.05, 0.1) is 30.6 Å². The van der Waals surface area contributed by atoms with E-state index < -0.39 is 23.6 Å². The van der Waals surface area contributed by atoms with Crippen molar-refractivity contribution >= 4 is 11.0 Å². The minimum absolute atomic E-state index is 0.0335. The Hall–Kier alpha value is -3.78. The van der Waals surface area contributed by atoms with Crippen molar-refractivity contribution in [3.05, 3.63) is 76.1 Å². The molecule has 0 amide bonds. The van der Waals surface area contributed by atoms with Crippen LogP contribution in [0.2, 0.25) is 0 Å². The van der Waals surface area contributed by atoms with Crippen molar-refractivity contribution in [3.8, 4) is 22.7 Å². The number of aryl methyl sites for hydroxylation is 1. The zero-order valence-electron chi connectivity index (χ0n) is 23.5. The number of nitrogens with one attached hydrogen (secondary N) is 2. The van der Waals surface area contributed by atoms with E-state index in [4.69, 9.17) is 10.5 Å². The number of fused-ring (bicyclic) bond motifs is 1. The number of aromatic nitrogens is 3. The molecule has 43 heavy (non-hydrogen) atoms. The number of hydrogen-bond acceptors (Lipinski definition) is 7. The van der Waals surface area contributed by atoms with Gasteiger partial charge < -0.3 is 30.6 Å². The van der Waals surface area contributed by atoms with Crippen LogP contribution in [-0.2, 0) is 11.2 Å². The van der Waals surface area contributed by atoms with Crippen LogP contribution in [0.3, 0.4) is 0 Å². The van der Waals surface area contributed by atoms with Gasteiger partial charge in [0.25, 0.3) is 0 Å². The predicted molar refractivity (Wildman–Crippen MR) is 153 cm³/mol. The summed E-state index contributed by atoms with van der Waals surface area (Å²) >= 11 is 0. The molecule has 3 atom stereocenters. The number of H-pyrrole nitrogens is 1. The molecule has 9 nitrogen and oxygen atoms in total. The summed E-state index contributed by atoms with van der Waals surface area (Å²) in [5, 5.41) is 13.4. The lowest BCUT2D eigenvalue weighted by Gasteiger charge is -2.20. The average Bonchev–Trinajstić information content (AvgIpc) is 3.20. The minimum Gasteiger partial charge on any atom is -0.403 e. The molecule has 3 heterocycles. The number of nitrogens with zero attached hydrogens (tertiary/aromatic N) is 2. The lowest BCUT2D eigenvalue weighted by molar-refractivity contribution is -0.275. The van der Waals surface area contributed by atoms with Crippen LogP contribution >= 0.6 is 0 Å². The summed E-state index contributed by atoms with van der Waals surface area (Å²) in [6, 6.07) is 11.0. The Balaban J connectivity index is 1.46. The topological polar surface area (TPSA) is 127 Å². The van der Waals surface area contributed by atoms with Crippen LogP contribution in [0.4, 0.5) is 17.6 Å². The maximum Gasteiger partial charge on any atom is 0.573 e. The van der Waals surface area contributed by atoms with Gasteiger partial charge in [-0.3, -0.25) is 4.57 Å². The number of ether oxygens (including phenoxy) is 2. The molecule has 0 saturated carbocycles. The molecular formula is C30H33F4N5O4. The molecule has 0 bridgehead atoms. The summed E-state index contributed by atoms with van der Waals surface area (Å²) in [6.45, 7) is 2.75. The van der Waals surface area contributed by atoms with Crippen LogP contribution < -0.4 is 21.5 Å². The Morgan fingerprint density at radius 3 is 2.70 bits per heavy atom. The first kappa shape index (κ1) is 30.7. The monoisotopic (exact) mass is 603 g/mol. The predicted octanol–water partition coefficient (Wildman–Crippen LogP) is 4.50. The van der Waals surface area contributed by atoms with Gasteiger partial charge in [-0.1, -0.05) is 12.1 Å². The smallest absolute Gasteiger partial charge is 0.403 e. The number of benzene rings is 2. The van der Waals surface area contributed by atoms with Crippen LogP contribution in [0.15, 0.2) is 53.5 Å². The first-order valence-corrected chi connectivity index (χ1v) is 14.0. The number of aromatic amines is 1. The quantitative estimate of drug-likeness (QED) is 0.208. The molecule has 1 aliphatic rings. The van der Waals surface area contributed by atoms with Crippen LogP contribution in [0.25, 0.3) is 28.0 Å². The summed E-state index contributed by atoms with van der Waals surface area (Å²) in [4.78, 5) is 19.9. The summed E-state index contributed by atoms with van der Waals surface area (Å²) in [5.74, 6) is -2.13. The highest BCUT2D eigenvalue weighted by Gasteiger charge is 2.33. The van der Waals surface area contributed by atoms with E-state index >= 15 is 4.39 Å². The highest BCUT2D eigenvalue weighted by Crippen LogP contribution is 2.35. The number of hydrogen-bond donors (Lipinski definition) is 4. The standard InChI is InChI=1S/C30H33F4N5O4/c1-17(35)3-2-4-18-11-23(27(31)26(12-18)43-30(32,33)34)25-13-20-14-39(29(41)38-28(20)37-25)22-7-5-19(6-8-22)24-9-10-42-16-21(15-40)36-24/h5-8,11-14,17,21,24,36,40H,2-4,9-10,15-16,35H2,1H3,(H,37,38,41)/t17-,21+,24-/m0/s1. The second-order valence-electron chi connectivity index (χ2n) is 10.8. The second kappa shape index (κ2) is 12.8. The molecule has 0 aliphatic carbocycles. The molecule has 0 radical (unpaired) electrons. The molecule has 4 aromatic rings. The normalized spacial score (nSPS) is 18.5. The lowest BCUT2D eigenvalue weighted by Crippen LogP contribution is -2.36. The SMILES string of the molecule is C[C@H](N)CCCc1cc(OC(F)(F)F)c(F)c(-c2cc3cn(-c4ccc([C@@H]5CCOC[C@@H](CO)N5)cc4)c(=O)nc3[nH]2)c1. The third-order valence-corrected chi connectivity index (χ3v) is 7.35. The fourth-order valence-corrected chi connectivity index (χ4v) is 5.23. The van der Waals surface area contributed by atoms with Gasteiger partial charge in [-0.15, -0.1) is 13.2 Å². The summed E-state index contributed by atoms with van der Waals surface area (Å²) in [5.41, 5.74) is 7.31. The van der Waals surface area contributed by atoms with Crippen LogP contribution in [-0.4, -0.2) is 57.9 Å². The number of alkyl halides is 3. The zero-order valence-corrected chi connectivity index (χ0v) is 23.5. The number of halogens is 4. The Bertz CT molecular complexity index is 1620. The van der Waals surface area contributed by atoms with Crippen LogP contribution in [0, 0.1) is 5.82 Å². The maximum atomic E-state index is 15.4. The highest BCUT2D eigenvalue weighted by molar-refractivity contribution is 5.83. The van der Waals surface area contributed by atoms with Gasteiger partial charge in [0.15, 0.2) is 11.6 Å². The van der Waals surface area contributed by atoms with Gasteiger partial charge in [0, 0.05) is 35.8 Å². The molecule has 2 aromatic carbocycles. The Morgan fingerprint density at radius 1 is 1.23 bits per heavy atom. The highest BCUT2D eigenvalue weighted by atomic mass is 19.4. The van der Waals surface area contributed by atoms with Crippen molar-refractivity contribution < 1.29 is 32.1 Å². The van der Waals surface area contributed by atoms with Gasteiger partial charge in [0.1, 0.15) is 5.65 Å². The molecule has 5 rings (SSSR count). The Labute approximate surface area is 244 Å². The zero-order chi connectivity index (χ0) is 30.7. The van der Waals surface area contributed by atoms with Crippen molar-refractivity contribution in [2.24, 2.45) is 5.73 Å². The van der Waals surface area contributed by atoms with Crippen molar-refractivity contribution in [1.29, 1.82) is 0 Å². The third-order valence-electron chi connectivity index (χ3n) is 7.35. The van der Waals surface area contributed by atoms with E-state index in [1.807, 2.05) is 19.1 Å². The average molecular weight is 604 g/mol. The van der Waals surface area contributed by atoms with E-state index in [1.165, 1.54) is 22.9 Å². The molecule has 1 saturated heterocycles. The first-order valence-electron chi connectivity index (χ1n) is 14.0. The van der Waals surface area contributed by atoms with Gasteiger partial charge in [0.2, 0.25) is 0 Å². The lowest BCUT2D eigenvalue weighted by atomic mass is 10.0. The fourth-order valence-electron chi connectivity index (χ4n) is 5.23. The molecule has 0 unspecified atom stereocenters. The summed E-state index contributed by atoms with van der Waals surface area (Å²) in [6.07, 6.45) is -1.23. The molecule has 230 valence electrons. The molecule has 13 heteroatoms. The minimum atomic E-state index is -5.08. The van der Waals surface area contributed by atoms with Gasteiger partial charge in [-0.25, -0.2) is 9.18 Å². The molecule has 5 N–H and O–H groups in total. The van der Waals surface area contributed by atoms with Gasteiger partial charge >= 0.3 is 12.1 Å². The van der Waals surface area contributed by atoms with E-state index in [1.54, 1.807) is 12.1 Å². The summed E-state index contributed by atoms with van der Waals surface area (Å²) in [7, 11) is 0. The number of rotatable bonds is 9. The number of aliphatic hydroxyl groups is 1. The fraction of sp³-hybridized carbons (Fsp3) is 0.400. The molecule has 1 fully saturated rings. The number of nitrogens with two attached hydrogens (primary N) is 1. The largest absolute Gasteiger partial charge is 0.573 e. The Kier molecular flexibility index (Phi) is 9.16. The van der Waals surface area contributed by atoms with Crippen molar-refractivity contribution in [3.63, 3.8) is 0 Å². The van der Waals surface area contributed by atoms with Crippen molar-refractivity contribution in [2.45, 2.75) is 57.1 Å². The molecular weight excluding hydrogens is 570 g/mol. The van der Waals surface area contributed by atoms with E-state index in [-0.39, 0.29) is 41.6 Å². The van der Waals surface area contributed by atoms with Crippen LogP contribution in [0.1, 0.15) is 43.4 Å².